The van der Waals surface area contributed by atoms with Crippen molar-refractivity contribution >= 4 is 11.9 Å². The number of benzene rings is 1. The van der Waals surface area contributed by atoms with Gasteiger partial charge in [-0.2, -0.15) is 0 Å². The third-order valence-corrected chi connectivity index (χ3v) is 4.94. The SMILES string of the molecule is CCCCCCCCc1ccc(CCC(N)(CO)CO)cc1.O=C(O)CCC(=O)O. The molecule has 0 radical (unpaired) electrons. The quantitative estimate of drug-likeness (QED) is 0.272. The Bertz CT molecular complexity index is 570. The Morgan fingerprint density at radius 1 is 0.800 bits per heavy atom. The first-order valence-corrected chi connectivity index (χ1v) is 10.8. The van der Waals surface area contributed by atoms with E-state index in [0.29, 0.717) is 6.42 Å². The molecule has 0 atom stereocenters. The lowest BCUT2D eigenvalue weighted by Crippen LogP contribution is -2.47. The van der Waals surface area contributed by atoms with E-state index in [1.54, 1.807) is 0 Å². The predicted molar refractivity (Wildman–Crippen MR) is 117 cm³/mol. The summed E-state index contributed by atoms with van der Waals surface area (Å²) in [6.07, 6.45) is 9.92. The van der Waals surface area contributed by atoms with Crippen molar-refractivity contribution in [3.8, 4) is 0 Å². The van der Waals surface area contributed by atoms with Crippen LogP contribution in [0.5, 0.6) is 0 Å². The Hall–Kier alpha value is -1.96. The van der Waals surface area contributed by atoms with Crippen LogP contribution in [0, 0.1) is 0 Å². The number of aliphatic hydroxyl groups is 2. The first-order valence-electron chi connectivity index (χ1n) is 10.8. The molecule has 0 saturated carbocycles. The number of aryl methyl sites for hydroxylation is 2. The number of unbranched alkanes of at least 4 members (excludes halogenated alkanes) is 5. The van der Waals surface area contributed by atoms with Gasteiger partial charge in [0.1, 0.15) is 0 Å². The fraction of sp³-hybridized carbons (Fsp3) is 0.652. The Labute approximate surface area is 179 Å². The minimum absolute atomic E-state index is 0.181. The van der Waals surface area contributed by atoms with Crippen molar-refractivity contribution < 1.29 is 30.0 Å². The van der Waals surface area contributed by atoms with Crippen molar-refractivity contribution in [1.82, 2.24) is 0 Å². The zero-order valence-electron chi connectivity index (χ0n) is 18.2. The lowest BCUT2D eigenvalue weighted by Gasteiger charge is -2.24. The van der Waals surface area contributed by atoms with Crippen LogP contribution in [0.15, 0.2) is 24.3 Å². The smallest absolute Gasteiger partial charge is 0.303 e. The molecule has 1 rings (SSSR count). The van der Waals surface area contributed by atoms with Gasteiger partial charge in [0.2, 0.25) is 0 Å². The van der Waals surface area contributed by atoms with Gasteiger partial charge in [-0.05, 0) is 36.8 Å². The molecule has 30 heavy (non-hydrogen) atoms. The second-order valence-electron chi connectivity index (χ2n) is 7.80. The summed E-state index contributed by atoms with van der Waals surface area (Å²) in [7, 11) is 0. The molecule has 172 valence electrons. The van der Waals surface area contributed by atoms with Gasteiger partial charge in [0.25, 0.3) is 0 Å². The molecule has 6 N–H and O–H groups in total. The first kappa shape index (κ1) is 28.0. The van der Waals surface area contributed by atoms with Crippen molar-refractivity contribution in [3.63, 3.8) is 0 Å². The molecule has 1 aromatic rings. The van der Waals surface area contributed by atoms with Gasteiger partial charge in [0, 0.05) is 0 Å². The number of nitrogens with two attached hydrogens (primary N) is 1. The third-order valence-electron chi connectivity index (χ3n) is 4.94. The number of carboxylic acids is 2. The van der Waals surface area contributed by atoms with Crippen molar-refractivity contribution in [3.05, 3.63) is 35.4 Å². The van der Waals surface area contributed by atoms with Crippen molar-refractivity contribution in [2.75, 3.05) is 13.2 Å². The van der Waals surface area contributed by atoms with Crippen LogP contribution in [0.1, 0.15) is 75.8 Å². The number of aliphatic hydroxyl groups excluding tert-OH is 2. The fourth-order valence-corrected chi connectivity index (χ4v) is 2.80. The van der Waals surface area contributed by atoms with Gasteiger partial charge >= 0.3 is 11.9 Å². The summed E-state index contributed by atoms with van der Waals surface area (Å²) < 4.78 is 0. The van der Waals surface area contributed by atoms with Gasteiger partial charge in [-0.25, -0.2) is 0 Å². The zero-order chi connectivity index (χ0) is 22.8. The van der Waals surface area contributed by atoms with Crippen LogP contribution >= 0.6 is 0 Å². The van der Waals surface area contributed by atoms with Gasteiger partial charge < -0.3 is 26.2 Å². The Balaban J connectivity index is 0.000000890. The van der Waals surface area contributed by atoms with E-state index in [1.807, 2.05) is 0 Å². The standard InChI is InChI=1S/C19H33NO2.C4H6O4/c1-2-3-4-5-6-7-8-17-9-11-18(12-10-17)13-14-19(20,15-21)16-22;5-3(6)1-2-4(7)8/h9-12,21-22H,2-8,13-16,20H2,1H3;1-2H2,(H,5,6)(H,7,8). The van der Waals surface area contributed by atoms with Crippen LogP contribution in [-0.2, 0) is 22.4 Å². The molecule has 0 saturated heterocycles. The lowest BCUT2D eigenvalue weighted by molar-refractivity contribution is -0.143. The predicted octanol–water partition coefficient (Wildman–Crippen LogP) is 3.14. The molecule has 7 heteroatoms. The van der Waals surface area contributed by atoms with Crippen LogP contribution in [0.4, 0.5) is 0 Å². The molecule has 0 amide bonds. The van der Waals surface area contributed by atoms with Crippen LogP contribution in [0.3, 0.4) is 0 Å². The van der Waals surface area contributed by atoms with Gasteiger partial charge in [-0.15, -0.1) is 0 Å². The van der Waals surface area contributed by atoms with E-state index in [2.05, 4.69) is 31.2 Å². The topological polar surface area (TPSA) is 141 Å². The first-order chi connectivity index (χ1) is 14.3. The van der Waals surface area contributed by atoms with E-state index in [9.17, 15) is 19.8 Å². The average molecular weight is 426 g/mol. The molecule has 0 spiro atoms. The van der Waals surface area contributed by atoms with E-state index >= 15 is 0 Å². The maximum absolute atomic E-state index is 9.64. The van der Waals surface area contributed by atoms with E-state index < -0.39 is 17.5 Å². The molecule has 0 unspecified atom stereocenters. The number of carbonyl (C=O) groups is 2. The summed E-state index contributed by atoms with van der Waals surface area (Å²) in [4.78, 5) is 19.3. The van der Waals surface area contributed by atoms with E-state index in [4.69, 9.17) is 15.9 Å². The molecule has 0 fully saturated rings. The second kappa shape index (κ2) is 16.8. The average Bonchev–Trinajstić information content (AvgIpc) is 2.74. The fourth-order valence-electron chi connectivity index (χ4n) is 2.80. The van der Waals surface area contributed by atoms with E-state index in [1.165, 1.54) is 49.7 Å². The van der Waals surface area contributed by atoms with Gasteiger partial charge in [-0.1, -0.05) is 63.3 Å². The summed E-state index contributed by atoms with van der Waals surface area (Å²) >= 11 is 0. The molecule has 7 nitrogen and oxygen atoms in total. The van der Waals surface area contributed by atoms with E-state index in [0.717, 1.165) is 12.8 Å². The van der Waals surface area contributed by atoms with Crippen molar-refractivity contribution in [1.29, 1.82) is 0 Å². The normalized spacial score (nSPS) is 10.9. The largest absolute Gasteiger partial charge is 0.481 e. The van der Waals surface area contributed by atoms with Crippen LogP contribution in [0.2, 0.25) is 0 Å². The van der Waals surface area contributed by atoms with E-state index in [-0.39, 0.29) is 26.1 Å². The summed E-state index contributed by atoms with van der Waals surface area (Å²) in [5, 5.41) is 34.2. The molecule has 0 heterocycles. The van der Waals surface area contributed by atoms with Crippen LogP contribution in [-0.4, -0.2) is 51.1 Å². The van der Waals surface area contributed by atoms with Crippen molar-refractivity contribution in [2.45, 2.75) is 83.1 Å². The molecule has 0 aromatic heterocycles. The lowest BCUT2D eigenvalue weighted by atomic mass is 9.93. The summed E-state index contributed by atoms with van der Waals surface area (Å²) in [6.45, 7) is 1.89. The number of hydrogen-bond acceptors (Lipinski definition) is 5. The zero-order valence-corrected chi connectivity index (χ0v) is 18.2. The molecule has 0 bridgehead atoms. The third kappa shape index (κ3) is 15.0. The Morgan fingerprint density at radius 3 is 1.67 bits per heavy atom. The molecular weight excluding hydrogens is 386 g/mol. The molecular formula is C23H39NO6. The highest BCUT2D eigenvalue weighted by Gasteiger charge is 2.22. The molecule has 0 aliphatic heterocycles. The second-order valence-corrected chi connectivity index (χ2v) is 7.80. The minimum Gasteiger partial charge on any atom is -0.481 e. The highest BCUT2D eigenvalue weighted by molar-refractivity contribution is 5.75. The van der Waals surface area contributed by atoms with Crippen LogP contribution < -0.4 is 5.73 Å². The number of hydrogen-bond donors (Lipinski definition) is 5. The van der Waals surface area contributed by atoms with Crippen molar-refractivity contribution in [2.24, 2.45) is 5.73 Å². The molecule has 0 aliphatic rings. The minimum atomic E-state index is -1.08. The maximum Gasteiger partial charge on any atom is 0.303 e. The highest BCUT2D eigenvalue weighted by atomic mass is 16.4. The number of carboxylic acid groups (broad SMARTS) is 2. The van der Waals surface area contributed by atoms with Gasteiger partial charge in [-0.3, -0.25) is 9.59 Å². The highest BCUT2D eigenvalue weighted by Crippen LogP contribution is 2.14. The van der Waals surface area contributed by atoms with Crippen LogP contribution in [0.25, 0.3) is 0 Å². The van der Waals surface area contributed by atoms with Gasteiger partial charge in [0.15, 0.2) is 0 Å². The summed E-state index contributed by atoms with van der Waals surface area (Å²) in [5.74, 6) is -2.15. The molecule has 0 aliphatic carbocycles. The van der Waals surface area contributed by atoms with Gasteiger partial charge in [0.05, 0.1) is 31.6 Å². The number of aliphatic carboxylic acids is 2. The summed E-state index contributed by atoms with van der Waals surface area (Å²) in [5.41, 5.74) is 7.63. The monoisotopic (exact) mass is 425 g/mol. The Kier molecular flexibility index (Phi) is 15.7. The maximum atomic E-state index is 9.64. The summed E-state index contributed by atoms with van der Waals surface area (Å²) in [6, 6.07) is 8.66. The molecule has 1 aromatic carbocycles. The Morgan fingerprint density at radius 2 is 1.23 bits per heavy atom. The number of rotatable bonds is 15.